The van der Waals surface area contributed by atoms with Crippen LogP contribution in [0.4, 0.5) is 0 Å². The molecule has 0 spiro atoms. The largest absolute Gasteiger partial charge is 0.493 e. The molecule has 0 atom stereocenters. The summed E-state index contributed by atoms with van der Waals surface area (Å²) < 4.78 is 41.3. The molecular formula is C24H35N5O5S. The van der Waals surface area contributed by atoms with Crippen molar-refractivity contribution >= 4 is 15.5 Å². The van der Waals surface area contributed by atoms with Crippen LogP contribution in [0.1, 0.15) is 52.1 Å². The molecule has 0 aliphatic heterocycles. The molecule has 0 amide bonds. The third kappa shape index (κ3) is 6.47. The Morgan fingerprint density at radius 1 is 1.23 bits per heavy atom. The first kappa shape index (κ1) is 26.8. The first-order chi connectivity index (χ1) is 16.7. The summed E-state index contributed by atoms with van der Waals surface area (Å²) in [4.78, 5) is 20.2. The molecule has 0 unspecified atom stereocenters. The van der Waals surface area contributed by atoms with Gasteiger partial charge in [-0.2, -0.15) is 0 Å². The monoisotopic (exact) mass is 505 g/mol. The van der Waals surface area contributed by atoms with Gasteiger partial charge in [0.1, 0.15) is 11.6 Å². The van der Waals surface area contributed by atoms with Crippen LogP contribution in [-0.4, -0.2) is 54.4 Å². The highest BCUT2D eigenvalue weighted by Gasteiger charge is 2.20. The molecule has 1 aromatic carbocycles. The Hall–Kier alpha value is -2.76. The third-order valence-corrected chi connectivity index (χ3v) is 6.70. The van der Waals surface area contributed by atoms with E-state index in [0.29, 0.717) is 66.9 Å². The molecule has 3 rings (SSSR count). The number of benzene rings is 1. The smallest absolute Gasteiger partial charge is 0.277 e. The summed E-state index contributed by atoms with van der Waals surface area (Å²) in [5, 5.41) is 4.61. The second-order valence-electron chi connectivity index (χ2n) is 8.74. The number of rotatable bonds is 13. The lowest BCUT2D eigenvalue weighted by molar-refractivity contribution is 0.108. The van der Waals surface area contributed by atoms with E-state index in [0.717, 1.165) is 6.42 Å². The van der Waals surface area contributed by atoms with E-state index in [1.807, 2.05) is 13.8 Å². The number of hydrogen-bond acceptors (Lipinski definition) is 7. The van der Waals surface area contributed by atoms with E-state index in [-0.39, 0.29) is 22.8 Å². The number of ether oxygens (including phenoxy) is 2. The van der Waals surface area contributed by atoms with Gasteiger partial charge < -0.3 is 14.5 Å². The molecule has 0 radical (unpaired) electrons. The van der Waals surface area contributed by atoms with Gasteiger partial charge in [0.15, 0.2) is 11.3 Å². The highest BCUT2D eigenvalue weighted by atomic mass is 32.2. The molecule has 11 heteroatoms. The molecule has 0 saturated carbocycles. The van der Waals surface area contributed by atoms with Crippen LogP contribution in [0.2, 0.25) is 0 Å². The van der Waals surface area contributed by atoms with Crippen molar-refractivity contribution in [3.63, 3.8) is 0 Å². The number of fused-ring (bicyclic) bond motifs is 1. The fraction of sp³-hybridized carbons (Fsp3) is 0.542. The van der Waals surface area contributed by atoms with Crippen molar-refractivity contribution < 1.29 is 17.9 Å². The second-order valence-corrected chi connectivity index (χ2v) is 10.5. The Balaban J connectivity index is 1.94. The maximum absolute atomic E-state index is 12.9. The van der Waals surface area contributed by atoms with E-state index in [2.05, 4.69) is 33.6 Å². The standard InChI is InChI=1S/C24H35N5O5S/c1-6-9-21-26-17(5)22-24(30)27-23(28-29(21)22)19-14-18(10-11-20(19)34-7-2)35(31,32)25-12-8-13-33-15-16(3)4/h10-11,14,16,25H,6-9,12-13,15H2,1-5H3,(H,27,28,30). The Morgan fingerprint density at radius 2 is 2.00 bits per heavy atom. The van der Waals surface area contributed by atoms with Gasteiger partial charge in [0.25, 0.3) is 5.56 Å². The number of aryl methyl sites for hydroxylation is 2. The maximum atomic E-state index is 12.9. The average molecular weight is 506 g/mol. The zero-order valence-corrected chi connectivity index (χ0v) is 21.9. The number of hydrogen-bond donors (Lipinski definition) is 2. The summed E-state index contributed by atoms with van der Waals surface area (Å²) in [6.07, 6.45) is 2.05. The van der Waals surface area contributed by atoms with Gasteiger partial charge in [-0.1, -0.05) is 20.8 Å². The molecule has 0 saturated heterocycles. The number of nitrogens with one attached hydrogen (secondary N) is 2. The topological polar surface area (TPSA) is 128 Å². The first-order valence-electron chi connectivity index (χ1n) is 12.0. The van der Waals surface area contributed by atoms with Crippen LogP contribution in [0.5, 0.6) is 5.75 Å². The minimum Gasteiger partial charge on any atom is -0.493 e. The fourth-order valence-electron chi connectivity index (χ4n) is 3.67. The van der Waals surface area contributed by atoms with Crippen molar-refractivity contribution in [3.05, 3.63) is 40.1 Å². The molecular weight excluding hydrogens is 470 g/mol. The van der Waals surface area contributed by atoms with Crippen molar-refractivity contribution in [1.29, 1.82) is 0 Å². The lowest BCUT2D eigenvalue weighted by Crippen LogP contribution is -2.26. The normalized spacial score (nSPS) is 12.1. The first-order valence-corrected chi connectivity index (χ1v) is 13.5. The highest BCUT2D eigenvalue weighted by molar-refractivity contribution is 7.89. The van der Waals surface area contributed by atoms with Gasteiger partial charge in [0, 0.05) is 26.2 Å². The zero-order valence-electron chi connectivity index (χ0n) is 21.1. The van der Waals surface area contributed by atoms with E-state index in [1.165, 1.54) is 12.1 Å². The Kier molecular flexibility index (Phi) is 9.03. The minimum atomic E-state index is -3.79. The van der Waals surface area contributed by atoms with Gasteiger partial charge in [-0.25, -0.2) is 22.6 Å². The van der Waals surface area contributed by atoms with Crippen LogP contribution >= 0.6 is 0 Å². The molecule has 0 aliphatic carbocycles. The lowest BCUT2D eigenvalue weighted by atomic mass is 10.2. The minimum absolute atomic E-state index is 0.0531. The molecule has 35 heavy (non-hydrogen) atoms. The maximum Gasteiger partial charge on any atom is 0.277 e. The van der Waals surface area contributed by atoms with Gasteiger partial charge in [0.2, 0.25) is 10.0 Å². The van der Waals surface area contributed by atoms with Gasteiger partial charge in [-0.3, -0.25) is 4.79 Å². The summed E-state index contributed by atoms with van der Waals surface area (Å²) in [6, 6.07) is 4.53. The van der Waals surface area contributed by atoms with Gasteiger partial charge in [-0.15, -0.1) is 5.10 Å². The van der Waals surface area contributed by atoms with Gasteiger partial charge >= 0.3 is 0 Å². The van der Waals surface area contributed by atoms with Crippen LogP contribution in [0.3, 0.4) is 0 Å². The van der Waals surface area contributed by atoms with E-state index < -0.39 is 10.0 Å². The van der Waals surface area contributed by atoms with Crippen molar-refractivity contribution in [1.82, 2.24) is 24.3 Å². The Bertz CT molecular complexity index is 1310. The zero-order chi connectivity index (χ0) is 25.6. The summed E-state index contributed by atoms with van der Waals surface area (Å²) in [5.41, 5.74) is 0.998. The molecule has 3 aromatic rings. The molecule has 0 bridgehead atoms. The predicted molar refractivity (Wildman–Crippen MR) is 134 cm³/mol. The van der Waals surface area contributed by atoms with Crippen molar-refractivity contribution in [3.8, 4) is 17.1 Å². The van der Waals surface area contributed by atoms with E-state index in [1.54, 1.807) is 17.5 Å². The second kappa shape index (κ2) is 11.8. The molecule has 0 fully saturated rings. The molecule has 2 N–H and O–H groups in total. The molecule has 10 nitrogen and oxygen atoms in total. The highest BCUT2D eigenvalue weighted by Crippen LogP contribution is 2.30. The summed E-state index contributed by atoms with van der Waals surface area (Å²) in [7, 11) is -3.79. The van der Waals surface area contributed by atoms with E-state index in [9.17, 15) is 13.2 Å². The summed E-state index contributed by atoms with van der Waals surface area (Å²) in [5.74, 6) is 1.73. The predicted octanol–water partition coefficient (Wildman–Crippen LogP) is 3.09. The van der Waals surface area contributed by atoms with E-state index >= 15 is 0 Å². The van der Waals surface area contributed by atoms with Crippen molar-refractivity contribution in [2.75, 3.05) is 26.4 Å². The number of aromatic amines is 1. The number of imidazole rings is 1. The molecule has 2 aromatic heterocycles. The van der Waals surface area contributed by atoms with Crippen LogP contribution < -0.4 is 15.0 Å². The summed E-state index contributed by atoms with van der Waals surface area (Å²) >= 11 is 0. The number of H-pyrrole nitrogens is 1. The van der Waals surface area contributed by atoms with Crippen LogP contribution in [0.15, 0.2) is 27.9 Å². The van der Waals surface area contributed by atoms with Crippen LogP contribution in [-0.2, 0) is 21.2 Å². The fourth-order valence-corrected chi connectivity index (χ4v) is 4.77. The van der Waals surface area contributed by atoms with E-state index in [4.69, 9.17) is 9.47 Å². The number of sulfonamides is 1. The Morgan fingerprint density at radius 3 is 2.69 bits per heavy atom. The number of nitrogens with zero attached hydrogens (tertiary/aromatic N) is 3. The van der Waals surface area contributed by atoms with Crippen molar-refractivity contribution in [2.45, 2.75) is 58.8 Å². The van der Waals surface area contributed by atoms with Crippen LogP contribution in [0, 0.1) is 12.8 Å². The Labute approximate surface area is 206 Å². The number of aromatic nitrogens is 4. The average Bonchev–Trinajstić information content (AvgIpc) is 3.12. The third-order valence-electron chi connectivity index (χ3n) is 5.24. The molecule has 0 aliphatic rings. The molecule has 192 valence electrons. The van der Waals surface area contributed by atoms with Gasteiger partial charge in [0.05, 0.1) is 22.8 Å². The molecule has 2 heterocycles. The SMILES string of the molecule is CCCc1nc(C)c2c(=O)[nH]c(-c3cc(S(=O)(=O)NCCCOCC(C)C)ccc3OCC)nn12. The summed E-state index contributed by atoms with van der Waals surface area (Å²) in [6.45, 7) is 11.5. The van der Waals surface area contributed by atoms with Crippen LogP contribution in [0.25, 0.3) is 16.9 Å². The quantitative estimate of drug-likeness (QED) is 0.342. The van der Waals surface area contributed by atoms with Gasteiger partial charge in [-0.05, 0) is 50.8 Å². The lowest BCUT2D eigenvalue weighted by Gasteiger charge is -2.13. The van der Waals surface area contributed by atoms with Crippen molar-refractivity contribution in [2.24, 2.45) is 5.92 Å².